The molecule has 5 heteroatoms. The summed E-state index contributed by atoms with van der Waals surface area (Å²) in [6.07, 6.45) is 4.45. The Morgan fingerprint density at radius 2 is 1.85 bits per heavy atom. The normalized spacial score (nSPS) is 22.1. The van der Waals surface area contributed by atoms with Crippen LogP contribution in [0.5, 0.6) is 0 Å². The van der Waals surface area contributed by atoms with Gasteiger partial charge in [0.1, 0.15) is 0 Å². The highest BCUT2D eigenvalue weighted by Gasteiger charge is 2.21. The molecule has 0 unspecified atom stereocenters. The van der Waals surface area contributed by atoms with Gasteiger partial charge in [0.25, 0.3) is 5.91 Å². The van der Waals surface area contributed by atoms with Crippen molar-refractivity contribution in [3.05, 3.63) is 35.9 Å². The van der Waals surface area contributed by atoms with E-state index in [9.17, 15) is 4.79 Å². The maximum atomic E-state index is 11.9. The van der Waals surface area contributed by atoms with Crippen LogP contribution in [0.2, 0.25) is 0 Å². The van der Waals surface area contributed by atoms with E-state index < -0.39 is 0 Å². The number of hydrogen-bond donors (Lipinski definition) is 2. The average molecular weight is 292 g/mol. The molecule has 2 N–H and O–H groups in total. The number of benzene rings is 1. The fourth-order valence-corrected chi connectivity index (χ4v) is 2.69. The molecule has 20 heavy (non-hydrogen) atoms. The number of thiocarbonyl (C=S) groups is 1. The standard InChI is InChI=1S/C15H20N2O2S/c1-19-13-9-7-12(8-10-13)16-15(20)17-14(18)11-5-3-2-4-6-11/h2-6,12-13H,7-10H2,1H3,(H2,16,17,18,20). The lowest BCUT2D eigenvalue weighted by Crippen LogP contribution is -2.46. The molecule has 108 valence electrons. The maximum Gasteiger partial charge on any atom is 0.257 e. The Morgan fingerprint density at radius 1 is 1.20 bits per heavy atom. The van der Waals surface area contributed by atoms with Crippen LogP contribution in [0.3, 0.4) is 0 Å². The molecule has 0 aromatic heterocycles. The summed E-state index contributed by atoms with van der Waals surface area (Å²) in [6, 6.07) is 9.39. The first-order valence-corrected chi connectivity index (χ1v) is 7.29. The van der Waals surface area contributed by atoms with Crippen LogP contribution in [0.4, 0.5) is 0 Å². The Bertz CT molecular complexity index is 456. The van der Waals surface area contributed by atoms with E-state index in [1.807, 2.05) is 18.2 Å². The van der Waals surface area contributed by atoms with Crippen molar-refractivity contribution in [3.8, 4) is 0 Å². The van der Waals surface area contributed by atoms with Gasteiger partial charge in [-0.15, -0.1) is 0 Å². The number of ether oxygens (including phenoxy) is 1. The SMILES string of the molecule is COC1CCC(NC(=S)NC(=O)c2ccccc2)CC1. The van der Waals surface area contributed by atoms with Gasteiger partial charge in [0.2, 0.25) is 0 Å². The summed E-state index contributed by atoms with van der Waals surface area (Å²) in [5.74, 6) is -0.173. The van der Waals surface area contributed by atoms with Crippen LogP contribution in [0.15, 0.2) is 30.3 Å². The van der Waals surface area contributed by atoms with E-state index in [1.54, 1.807) is 19.2 Å². The van der Waals surface area contributed by atoms with Crippen LogP contribution in [-0.2, 0) is 4.74 Å². The number of methoxy groups -OCH3 is 1. The molecule has 1 aromatic rings. The highest BCUT2D eigenvalue weighted by Crippen LogP contribution is 2.20. The van der Waals surface area contributed by atoms with Gasteiger partial charge in [-0.2, -0.15) is 0 Å². The number of hydrogen-bond acceptors (Lipinski definition) is 3. The number of nitrogens with one attached hydrogen (secondary N) is 2. The van der Waals surface area contributed by atoms with Gasteiger partial charge in [-0.05, 0) is 50.0 Å². The molecule has 1 aliphatic carbocycles. The van der Waals surface area contributed by atoms with E-state index in [0.717, 1.165) is 25.7 Å². The van der Waals surface area contributed by atoms with Gasteiger partial charge in [-0.3, -0.25) is 10.1 Å². The molecule has 0 bridgehead atoms. The van der Waals surface area contributed by atoms with Crippen molar-refractivity contribution in [2.24, 2.45) is 0 Å². The third-order valence-corrected chi connectivity index (χ3v) is 3.83. The van der Waals surface area contributed by atoms with Crippen LogP contribution < -0.4 is 10.6 Å². The van der Waals surface area contributed by atoms with E-state index in [2.05, 4.69) is 10.6 Å². The summed E-state index contributed by atoms with van der Waals surface area (Å²) in [5, 5.41) is 6.33. The fraction of sp³-hybridized carbons (Fsp3) is 0.467. The molecule has 4 nitrogen and oxygen atoms in total. The molecule has 0 spiro atoms. The lowest BCUT2D eigenvalue weighted by Gasteiger charge is -2.28. The van der Waals surface area contributed by atoms with Crippen LogP contribution in [-0.4, -0.2) is 30.3 Å². The summed E-state index contributed by atoms with van der Waals surface area (Å²) in [4.78, 5) is 11.9. The van der Waals surface area contributed by atoms with Crippen molar-refractivity contribution in [3.63, 3.8) is 0 Å². The van der Waals surface area contributed by atoms with Crippen LogP contribution in [0, 0.1) is 0 Å². The molecule has 0 aliphatic heterocycles. The largest absolute Gasteiger partial charge is 0.381 e. The smallest absolute Gasteiger partial charge is 0.257 e. The second kappa shape index (κ2) is 7.36. The lowest BCUT2D eigenvalue weighted by molar-refractivity contribution is 0.0645. The number of carbonyl (C=O) groups excluding carboxylic acids is 1. The van der Waals surface area contributed by atoms with Crippen LogP contribution in [0.1, 0.15) is 36.0 Å². The number of rotatable bonds is 3. The Kier molecular flexibility index (Phi) is 5.49. The molecule has 2 rings (SSSR count). The first-order valence-electron chi connectivity index (χ1n) is 6.88. The minimum absolute atomic E-state index is 0.173. The molecule has 1 amide bonds. The zero-order chi connectivity index (χ0) is 14.4. The van der Waals surface area contributed by atoms with Gasteiger partial charge < -0.3 is 10.1 Å². The van der Waals surface area contributed by atoms with Crippen LogP contribution in [0.25, 0.3) is 0 Å². The van der Waals surface area contributed by atoms with Gasteiger partial charge in [0.05, 0.1) is 6.10 Å². The van der Waals surface area contributed by atoms with Crippen molar-refractivity contribution in [2.75, 3.05) is 7.11 Å². The summed E-state index contributed by atoms with van der Waals surface area (Å²) in [7, 11) is 1.75. The highest BCUT2D eigenvalue weighted by molar-refractivity contribution is 7.80. The molecular formula is C15H20N2O2S. The molecule has 0 radical (unpaired) electrons. The van der Waals surface area contributed by atoms with Crippen molar-refractivity contribution in [1.29, 1.82) is 0 Å². The number of amides is 1. The van der Waals surface area contributed by atoms with E-state index in [4.69, 9.17) is 17.0 Å². The number of carbonyl (C=O) groups is 1. The lowest BCUT2D eigenvalue weighted by atomic mass is 9.93. The minimum atomic E-state index is -0.173. The van der Waals surface area contributed by atoms with Crippen molar-refractivity contribution in [2.45, 2.75) is 37.8 Å². The molecule has 0 atom stereocenters. The van der Waals surface area contributed by atoms with Crippen molar-refractivity contribution < 1.29 is 9.53 Å². The zero-order valence-electron chi connectivity index (χ0n) is 11.6. The average Bonchev–Trinajstić information content (AvgIpc) is 2.49. The Labute approximate surface area is 124 Å². The Balaban J connectivity index is 1.77. The molecule has 1 aliphatic rings. The summed E-state index contributed by atoms with van der Waals surface area (Å²) in [6.45, 7) is 0. The topological polar surface area (TPSA) is 50.4 Å². The summed E-state index contributed by atoms with van der Waals surface area (Å²) in [5.41, 5.74) is 0.611. The molecule has 1 fully saturated rings. The second-order valence-electron chi connectivity index (χ2n) is 5.00. The van der Waals surface area contributed by atoms with Gasteiger partial charge in [0.15, 0.2) is 5.11 Å². The predicted molar refractivity (Wildman–Crippen MR) is 82.7 cm³/mol. The second-order valence-corrected chi connectivity index (χ2v) is 5.41. The maximum absolute atomic E-state index is 11.9. The minimum Gasteiger partial charge on any atom is -0.381 e. The van der Waals surface area contributed by atoms with Crippen molar-refractivity contribution in [1.82, 2.24) is 10.6 Å². The summed E-state index contributed by atoms with van der Waals surface area (Å²) < 4.78 is 5.34. The first-order chi connectivity index (χ1) is 9.69. The molecular weight excluding hydrogens is 272 g/mol. The van der Waals surface area contributed by atoms with Gasteiger partial charge >= 0.3 is 0 Å². The third-order valence-electron chi connectivity index (χ3n) is 3.61. The molecule has 0 heterocycles. The Morgan fingerprint density at radius 3 is 2.45 bits per heavy atom. The Hall–Kier alpha value is -1.46. The van der Waals surface area contributed by atoms with Gasteiger partial charge in [-0.25, -0.2) is 0 Å². The van der Waals surface area contributed by atoms with Crippen LogP contribution >= 0.6 is 12.2 Å². The summed E-state index contributed by atoms with van der Waals surface area (Å²) >= 11 is 5.19. The zero-order valence-corrected chi connectivity index (χ0v) is 12.4. The van der Waals surface area contributed by atoms with E-state index in [-0.39, 0.29) is 5.91 Å². The fourth-order valence-electron chi connectivity index (χ4n) is 2.43. The van der Waals surface area contributed by atoms with Gasteiger partial charge in [-0.1, -0.05) is 18.2 Å². The predicted octanol–water partition coefficient (Wildman–Crippen LogP) is 2.25. The van der Waals surface area contributed by atoms with Gasteiger partial charge in [0, 0.05) is 18.7 Å². The third kappa shape index (κ3) is 4.28. The van der Waals surface area contributed by atoms with E-state index in [0.29, 0.717) is 22.8 Å². The monoisotopic (exact) mass is 292 g/mol. The van der Waals surface area contributed by atoms with Crippen molar-refractivity contribution >= 4 is 23.2 Å². The first kappa shape index (κ1) is 14.9. The molecule has 1 saturated carbocycles. The highest BCUT2D eigenvalue weighted by atomic mass is 32.1. The molecule has 1 aromatic carbocycles. The van der Waals surface area contributed by atoms with E-state index in [1.165, 1.54) is 0 Å². The molecule has 0 saturated heterocycles. The quantitative estimate of drug-likeness (QED) is 0.839. The van der Waals surface area contributed by atoms with E-state index >= 15 is 0 Å².